The maximum atomic E-state index is 5.49. The van der Waals surface area contributed by atoms with Gasteiger partial charge < -0.3 is 14.5 Å². The molecule has 1 saturated heterocycles. The molecule has 0 radical (unpaired) electrons. The molecule has 2 rings (SSSR count). The molecular formula is C17H30N2O+2. The van der Waals surface area contributed by atoms with Gasteiger partial charge >= 0.3 is 0 Å². The predicted octanol–water partition coefficient (Wildman–Crippen LogP) is 0.167. The van der Waals surface area contributed by atoms with Gasteiger partial charge in [0.2, 0.25) is 0 Å². The van der Waals surface area contributed by atoms with Crippen LogP contribution in [0.25, 0.3) is 0 Å². The van der Waals surface area contributed by atoms with Crippen LogP contribution in [0.15, 0.2) is 24.3 Å². The Morgan fingerprint density at radius 2 is 1.70 bits per heavy atom. The van der Waals surface area contributed by atoms with E-state index >= 15 is 0 Å². The Hall–Kier alpha value is -1.06. The van der Waals surface area contributed by atoms with E-state index in [-0.39, 0.29) is 0 Å². The number of hydrogen-bond donors (Lipinski definition) is 2. The van der Waals surface area contributed by atoms with Gasteiger partial charge in [0, 0.05) is 5.56 Å². The number of ether oxygens (including phenoxy) is 1. The van der Waals surface area contributed by atoms with E-state index in [4.69, 9.17) is 4.74 Å². The van der Waals surface area contributed by atoms with Gasteiger partial charge in [-0.2, -0.15) is 0 Å². The van der Waals surface area contributed by atoms with Crippen LogP contribution in [-0.2, 0) is 6.54 Å². The van der Waals surface area contributed by atoms with Crippen LogP contribution in [0.4, 0.5) is 0 Å². The number of rotatable bonds is 6. The summed E-state index contributed by atoms with van der Waals surface area (Å²) in [5.74, 6) is 0.984. The SMILES string of the molecule is CCOc1ccc(C[NH+]2CC[NH+]([C@H](C)CC)CC2)cc1. The molecule has 1 aliphatic heterocycles. The lowest BCUT2D eigenvalue weighted by Crippen LogP contribution is -3.29. The van der Waals surface area contributed by atoms with E-state index in [9.17, 15) is 0 Å². The van der Waals surface area contributed by atoms with Crippen molar-refractivity contribution in [2.24, 2.45) is 0 Å². The fourth-order valence-corrected chi connectivity index (χ4v) is 3.04. The molecule has 1 aromatic rings. The fraction of sp³-hybridized carbons (Fsp3) is 0.647. The Bertz CT molecular complexity index is 382. The predicted molar refractivity (Wildman–Crippen MR) is 82.5 cm³/mol. The third kappa shape index (κ3) is 4.22. The first-order valence-electron chi connectivity index (χ1n) is 8.12. The average molecular weight is 278 g/mol. The van der Waals surface area contributed by atoms with Crippen molar-refractivity contribution < 1.29 is 14.5 Å². The summed E-state index contributed by atoms with van der Waals surface area (Å²) in [6, 6.07) is 9.44. The highest BCUT2D eigenvalue weighted by atomic mass is 16.5. The van der Waals surface area contributed by atoms with Crippen molar-refractivity contribution in [1.29, 1.82) is 0 Å². The molecule has 0 aliphatic carbocycles. The molecule has 0 unspecified atom stereocenters. The molecule has 1 aliphatic rings. The van der Waals surface area contributed by atoms with Gasteiger partial charge in [-0.25, -0.2) is 0 Å². The molecule has 0 spiro atoms. The lowest BCUT2D eigenvalue weighted by molar-refractivity contribution is -1.03. The minimum Gasteiger partial charge on any atom is -0.494 e. The third-order valence-corrected chi connectivity index (χ3v) is 4.60. The van der Waals surface area contributed by atoms with Crippen LogP contribution < -0.4 is 14.5 Å². The zero-order valence-electron chi connectivity index (χ0n) is 13.2. The smallest absolute Gasteiger partial charge is 0.127 e. The number of quaternary nitrogens is 2. The summed E-state index contributed by atoms with van der Waals surface area (Å²) < 4.78 is 5.49. The van der Waals surface area contributed by atoms with Gasteiger partial charge in [0.1, 0.15) is 38.5 Å². The second-order valence-corrected chi connectivity index (χ2v) is 5.97. The van der Waals surface area contributed by atoms with Crippen LogP contribution in [0.2, 0.25) is 0 Å². The van der Waals surface area contributed by atoms with E-state index in [0.29, 0.717) is 0 Å². The topological polar surface area (TPSA) is 18.1 Å². The summed E-state index contributed by atoms with van der Waals surface area (Å²) in [5, 5.41) is 0. The highest BCUT2D eigenvalue weighted by Crippen LogP contribution is 2.11. The van der Waals surface area contributed by atoms with Gasteiger partial charge in [-0.15, -0.1) is 0 Å². The van der Waals surface area contributed by atoms with Crippen molar-refractivity contribution in [3.63, 3.8) is 0 Å². The van der Waals surface area contributed by atoms with Crippen molar-refractivity contribution in [3.8, 4) is 5.75 Å². The van der Waals surface area contributed by atoms with Crippen molar-refractivity contribution in [1.82, 2.24) is 0 Å². The molecule has 1 atom stereocenters. The standard InChI is InChI=1S/C17H28N2O/c1-4-15(3)19-12-10-18(11-13-19)14-16-6-8-17(9-7-16)20-5-2/h6-9,15H,4-5,10-14H2,1-3H3/p+2/t15-/m1/s1. The first-order valence-corrected chi connectivity index (χ1v) is 8.12. The molecule has 1 heterocycles. The molecule has 1 fully saturated rings. The summed E-state index contributed by atoms with van der Waals surface area (Å²) in [7, 11) is 0. The lowest BCUT2D eigenvalue weighted by atomic mass is 10.1. The van der Waals surface area contributed by atoms with Crippen LogP contribution >= 0.6 is 0 Å². The zero-order valence-corrected chi connectivity index (χ0v) is 13.2. The number of nitrogens with one attached hydrogen (secondary N) is 2. The molecular weight excluding hydrogens is 248 g/mol. The maximum absolute atomic E-state index is 5.49. The zero-order chi connectivity index (χ0) is 14.4. The molecule has 3 nitrogen and oxygen atoms in total. The van der Waals surface area contributed by atoms with Crippen molar-refractivity contribution >= 4 is 0 Å². The van der Waals surface area contributed by atoms with Crippen LogP contribution in [0, 0.1) is 0 Å². The second kappa shape index (κ2) is 7.65. The largest absolute Gasteiger partial charge is 0.494 e. The summed E-state index contributed by atoms with van der Waals surface area (Å²) in [4.78, 5) is 3.52. The Balaban J connectivity index is 1.80. The second-order valence-electron chi connectivity index (χ2n) is 5.97. The Kier molecular flexibility index (Phi) is 5.86. The quantitative estimate of drug-likeness (QED) is 0.759. The first-order chi connectivity index (χ1) is 9.72. The van der Waals surface area contributed by atoms with Crippen LogP contribution in [0.5, 0.6) is 5.75 Å². The molecule has 20 heavy (non-hydrogen) atoms. The van der Waals surface area contributed by atoms with Crippen molar-refractivity contribution in [2.45, 2.75) is 39.8 Å². The molecule has 0 amide bonds. The fourth-order valence-electron chi connectivity index (χ4n) is 3.04. The summed E-state index contributed by atoms with van der Waals surface area (Å²) in [6.45, 7) is 13.8. The van der Waals surface area contributed by atoms with E-state index in [2.05, 4.69) is 38.1 Å². The maximum Gasteiger partial charge on any atom is 0.127 e. The molecule has 1 aromatic carbocycles. The van der Waals surface area contributed by atoms with Crippen LogP contribution in [-0.4, -0.2) is 38.8 Å². The highest BCUT2D eigenvalue weighted by Gasteiger charge is 2.25. The highest BCUT2D eigenvalue weighted by molar-refractivity contribution is 5.26. The van der Waals surface area contributed by atoms with E-state index in [1.165, 1.54) is 38.2 Å². The molecule has 0 aromatic heterocycles. The minimum absolute atomic E-state index is 0.741. The minimum atomic E-state index is 0.741. The van der Waals surface area contributed by atoms with E-state index in [0.717, 1.165) is 24.9 Å². The van der Waals surface area contributed by atoms with E-state index in [1.807, 2.05) is 6.92 Å². The average Bonchev–Trinajstić information content (AvgIpc) is 2.49. The van der Waals surface area contributed by atoms with Gasteiger partial charge in [-0.1, -0.05) is 6.92 Å². The van der Waals surface area contributed by atoms with Crippen LogP contribution in [0.1, 0.15) is 32.8 Å². The number of hydrogen-bond acceptors (Lipinski definition) is 1. The first kappa shape index (κ1) is 15.3. The molecule has 0 bridgehead atoms. The number of piperazine rings is 1. The Morgan fingerprint density at radius 3 is 2.25 bits per heavy atom. The normalized spacial score (nSPS) is 24.4. The van der Waals surface area contributed by atoms with Gasteiger partial charge in [0.15, 0.2) is 0 Å². The van der Waals surface area contributed by atoms with Gasteiger partial charge in [0.25, 0.3) is 0 Å². The molecule has 0 saturated carbocycles. The van der Waals surface area contributed by atoms with Gasteiger partial charge in [-0.3, -0.25) is 0 Å². The van der Waals surface area contributed by atoms with Crippen molar-refractivity contribution in [2.75, 3.05) is 32.8 Å². The Morgan fingerprint density at radius 1 is 1.05 bits per heavy atom. The van der Waals surface area contributed by atoms with E-state index in [1.54, 1.807) is 9.80 Å². The summed E-state index contributed by atoms with van der Waals surface area (Å²) in [5.41, 5.74) is 1.43. The lowest BCUT2D eigenvalue weighted by Gasteiger charge is -2.33. The summed E-state index contributed by atoms with van der Waals surface area (Å²) in [6.07, 6.45) is 1.30. The van der Waals surface area contributed by atoms with Gasteiger partial charge in [0.05, 0.1) is 12.6 Å². The Labute approximate surface area is 123 Å². The number of benzene rings is 1. The summed E-state index contributed by atoms with van der Waals surface area (Å²) >= 11 is 0. The van der Waals surface area contributed by atoms with E-state index < -0.39 is 0 Å². The van der Waals surface area contributed by atoms with Crippen molar-refractivity contribution in [3.05, 3.63) is 29.8 Å². The third-order valence-electron chi connectivity index (χ3n) is 4.60. The molecule has 112 valence electrons. The molecule has 2 N–H and O–H groups in total. The van der Waals surface area contributed by atoms with Gasteiger partial charge in [-0.05, 0) is 44.5 Å². The van der Waals surface area contributed by atoms with Crippen LogP contribution in [0.3, 0.4) is 0 Å². The monoisotopic (exact) mass is 278 g/mol. The molecule has 3 heteroatoms.